The molecule has 4 rings (SSSR count). The van der Waals surface area contributed by atoms with Gasteiger partial charge in [0, 0.05) is 5.69 Å². The molecule has 0 spiro atoms. The zero-order chi connectivity index (χ0) is 27.3. The summed E-state index contributed by atoms with van der Waals surface area (Å²) in [4.78, 5) is 12.6. The van der Waals surface area contributed by atoms with Gasteiger partial charge in [0.15, 0.2) is 0 Å². The number of carbonyl (C=O) groups excluding carboxylic acids is 1. The van der Waals surface area contributed by atoms with E-state index < -0.39 is 16.1 Å². The second kappa shape index (κ2) is 11.5. The number of hydrazine groups is 1. The molecule has 0 atom stereocenters. The van der Waals surface area contributed by atoms with Gasteiger partial charge in [0.1, 0.15) is 11.3 Å². The van der Waals surface area contributed by atoms with E-state index >= 15 is 0 Å². The minimum absolute atomic E-state index is 0.00976. The van der Waals surface area contributed by atoms with Gasteiger partial charge in [0.25, 0.3) is 0 Å². The van der Waals surface area contributed by atoms with E-state index in [0.717, 1.165) is 22.4 Å². The minimum Gasteiger partial charge on any atom is -0.493 e. The Kier molecular flexibility index (Phi) is 8.16. The lowest BCUT2D eigenvalue weighted by molar-refractivity contribution is 0.242. The number of nitrogens with zero attached hydrogens (tertiary/aromatic N) is 3. The molecule has 11 heteroatoms. The van der Waals surface area contributed by atoms with Crippen molar-refractivity contribution in [1.82, 2.24) is 20.4 Å². The molecule has 0 saturated carbocycles. The van der Waals surface area contributed by atoms with E-state index in [0.29, 0.717) is 41.9 Å². The molecular weight excluding hydrogens is 504 g/mol. The Morgan fingerprint density at radius 3 is 2.34 bits per heavy atom. The number of anilines is 2. The molecular formula is C27H32N6O4S. The van der Waals surface area contributed by atoms with Crippen LogP contribution in [0.1, 0.15) is 35.1 Å². The number of rotatable bonds is 10. The summed E-state index contributed by atoms with van der Waals surface area (Å²) in [6, 6.07) is 15.8. The largest absolute Gasteiger partial charge is 0.493 e. The smallest absolute Gasteiger partial charge is 0.362 e. The third-order valence-corrected chi connectivity index (χ3v) is 7.49. The third kappa shape index (κ3) is 6.80. The summed E-state index contributed by atoms with van der Waals surface area (Å²) >= 11 is 0. The van der Waals surface area contributed by atoms with Crippen LogP contribution in [0.4, 0.5) is 16.2 Å². The third-order valence-electron chi connectivity index (χ3n) is 6.12. The Hall–Kier alpha value is -4.12. The molecule has 3 N–H and O–H groups in total. The lowest BCUT2D eigenvalue weighted by atomic mass is 10.1. The summed E-state index contributed by atoms with van der Waals surface area (Å²) in [6.07, 6.45) is 1.10. The standard InChI is InChI=1S/C27H32N6O4S/c1-18-7-12-26(21(4)15-18)37-13-5-6-14-38(35,36)31-23-10-8-22(9-11-23)28-30-27(34)33-25-17-20(3)19(2)16-24(25)29-32-33/h7-12,15-17,28,31H,5-6,13-14H2,1-4H3,(H,30,34). The number of amides is 1. The number of hydrogen-bond acceptors (Lipinski definition) is 7. The highest BCUT2D eigenvalue weighted by molar-refractivity contribution is 7.92. The molecule has 4 aromatic rings. The summed E-state index contributed by atoms with van der Waals surface area (Å²) in [5.41, 5.74) is 12.0. The van der Waals surface area contributed by atoms with Crippen LogP contribution in [-0.2, 0) is 10.0 Å². The van der Waals surface area contributed by atoms with Gasteiger partial charge < -0.3 is 4.74 Å². The van der Waals surface area contributed by atoms with E-state index in [1.165, 1.54) is 10.2 Å². The molecule has 38 heavy (non-hydrogen) atoms. The summed E-state index contributed by atoms with van der Waals surface area (Å²) in [7, 11) is -3.50. The fourth-order valence-electron chi connectivity index (χ4n) is 3.89. The second-order valence-electron chi connectivity index (χ2n) is 9.30. The summed E-state index contributed by atoms with van der Waals surface area (Å²) in [5, 5.41) is 7.98. The molecule has 0 aliphatic rings. The van der Waals surface area contributed by atoms with Gasteiger partial charge in [0.2, 0.25) is 10.0 Å². The van der Waals surface area contributed by atoms with Crippen LogP contribution in [0.3, 0.4) is 0 Å². The van der Waals surface area contributed by atoms with Gasteiger partial charge in [-0.1, -0.05) is 22.9 Å². The number of fused-ring (bicyclic) bond motifs is 1. The summed E-state index contributed by atoms with van der Waals surface area (Å²) in [5.74, 6) is 0.811. The van der Waals surface area contributed by atoms with Crippen molar-refractivity contribution in [3.8, 4) is 5.75 Å². The minimum atomic E-state index is -3.50. The van der Waals surface area contributed by atoms with Crippen molar-refractivity contribution < 1.29 is 17.9 Å². The Labute approximate surface area is 222 Å². The molecule has 3 aromatic carbocycles. The quantitative estimate of drug-likeness (QED) is 0.195. The van der Waals surface area contributed by atoms with E-state index in [1.54, 1.807) is 24.3 Å². The van der Waals surface area contributed by atoms with Gasteiger partial charge in [0.05, 0.1) is 23.6 Å². The predicted molar refractivity (Wildman–Crippen MR) is 149 cm³/mol. The van der Waals surface area contributed by atoms with Crippen molar-refractivity contribution in [2.75, 3.05) is 22.5 Å². The molecule has 0 aliphatic carbocycles. The summed E-state index contributed by atoms with van der Waals surface area (Å²) < 4.78 is 34.5. The number of sulfonamides is 1. The maximum absolute atomic E-state index is 12.6. The molecule has 0 unspecified atom stereocenters. The van der Waals surface area contributed by atoms with Gasteiger partial charge in [-0.25, -0.2) is 18.6 Å². The molecule has 0 radical (unpaired) electrons. The Morgan fingerprint density at radius 2 is 1.61 bits per heavy atom. The van der Waals surface area contributed by atoms with Crippen LogP contribution in [0.15, 0.2) is 54.6 Å². The van der Waals surface area contributed by atoms with Crippen LogP contribution >= 0.6 is 0 Å². The maximum Gasteiger partial charge on any atom is 0.362 e. The lowest BCUT2D eigenvalue weighted by Gasteiger charge is -2.12. The fraction of sp³-hybridized carbons (Fsp3) is 0.296. The molecule has 0 fully saturated rings. The van der Waals surface area contributed by atoms with Crippen molar-refractivity contribution in [1.29, 1.82) is 0 Å². The van der Waals surface area contributed by atoms with Crippen LogP contribution in [0, 0.1) is 27.7 Å². The fourth-order valence-corrected chi connectivity index (χ4v) is 5.08. The van der Waals surface area contributed by atoms with Crippen molar-refractivity contribution >= 4 is 38.5 Å². The van der Waals surface area contributed by atoms with Crippen molar-refractivity contribution in [2.45, 2.75) is 40.5 Å². The first kappa shape index (κ1) is 26.9. The monoisotopic (exact) mass is 536 g/mol. The molecule has 1 amide bonds. The first-order chi connectivity index (χ1) is 18.1. The van der Waals surface area contributed by atoms with E-state index in [2.05, 4.69) is 32.0 Å². The second-order valence-corrected chi connectivity index (χ2v) is 11.1. The molecule has 0 bridgehead atoms. The van der Waals surface area contributed by atoms with Crippen LogP contribution in [0.25, 0.3) is 11.0 Å². The number of unbranched alkanes of at least 4 members (excludes halogenated alkanes) is 1. The first-order valence-electron chi connectivity index (χ1n) is 12.3. The number of ether oxygens (including phenoxy) is 1. The Bertz CT molecular complexity index is 1550. The molecule has 1 aromatic heterocycles. The molecule has 1 heterocycles. The molecule has 10 nitrogen and oxygen atoms in total. The van der Waals surface area contributed by atoms with E-state index in [9.17, 15) is 13.2 Å². The zero-order valence-electron chi connectivity index (χ0n) is 21.9. The highest BCUT2D eigenvalue weighted by atomic mass is 32.2. The molecule has 200 valence electrons. The van der Waals surface area contributed by atoms with Crippen LogP contribution in [0.5, 0.6) is 5.75 Å². The average molecular weight is 537 g/mol. The Morgan fingerprint density at radius 1 is 0.895 bits per heavy atom. The zero-order valence-corrected chi connectivity index (χ0v) is 22.7. The summed E-state index contributed by atoms with van der Waals surface area (Å²) in [6.45, 7) is 8.41. The van der Waals surface area contributed by atoms with E-state index in [4.69, 9.17) is 4.74 Å². The topological polar surface area (TPSA) is 127 Å². The average Bonchev–Trinajstić information content (AvgIpc) is 3.27. The number of aromatic nitrogens is 3. The van der Waals surface area contributed by atoms with Crippen molar-refractivity contribution in [3.05, 3.63) is 76.9 Å². The van der Waals surface area contributed by atoms with Crippen LogP contribution < -0.4 is 20.3 Å². The number of aryl methyl sites for hydroxylation is 4. The van der Waals surface area contributed by atoms with Crippen LogP contribution in [-0.4, -0.2) is 41.8 Å². The maximum atomic E-state index is 12.6. The van der Waals surface area contributed by atoms with Gasteiger partial charge in [-0.3, -0.25) is 10.1 Å². The van der Waals surface area contributed by atoms with Gasteiger partial charge in [-0.05, 0) is 99.7 Å². The normalized spacial score (nSPS) is 11.4. The first-order valence-corrected chi connectivity index (χ1v) is 14.0. The van der Waals surface area contributed by atoms with Crippen LogP contribution in [0.2, 0.25) is 0 Å². The van der Waals surface area contributed by atoms with Crippen molar-refractivity contribution in [3.63, 3.8) is 0 Å². The number of nitrogens with one attached hydrogen (secondary N) is 3. The lowest BCUT2D eigenvalue weighted by Crippen LogP contribution is -2.34. The van der Waals surface area contributed by atoms with E-state index in [1.807, 2.05) is 52.0 Å². The highest BCUT2D eigenvalue weighted by Crippen LogP contribution is 2.20. The number of hydrogen-bond donors (Lipinski definition) is 3. The van der Waals surface area contributed by atoms with Gasteiger partial charge in [-0.15, -0.1) is 5.10 Å². The Balaban J connectivity index is 1.23. The van der Waals surface area contributed by atoms with Gasteiger partial charge in [-0.2, -0.15) is 4.68 Å². The molecule has 0 saturated heterocycles. The predicted octanol–water partition coefficient (Wildman–Crippen LogP) is 4.85. The van der Waals surface area contributed by atoms with E-state index in [-0.39, 0.29) is 5.75 Å². The van der Waals surface area contributed by atoms with Crippen molar-refractivity contribution in [2.24, 2.45) is 0 Å². The highest BCUT2D eigenvalue weighted by Gasteiger charge is 2.14. The molecule has 0 aliphatic heterocycles. The number of carbonyl (C=O) groups is 1. The SMILES string of the molecule is Cc1ccc(OCCCCS(=O)(=O)Nc2ccc(NNC(=O)n3nnc4cc(C)c(C)cc43)cc2)c(C)c1. The number of benzene rings is 3. The van der Waals surface area contributed by atoms with Gasteiger partial charge >= 0.3 is 6.03 Å².